The predicted octanol–water partition coefficient (Wildman–Crippen LogP) is 3.79. The molecule has 0 N–H and O–H groups in total. The fraction of sp³-hybridized carbons (Fsp3) is 0.333. The molecule has 0 unspecified atom stereocenters. The second-order valence-corrected chi connectivity index (χ2v) is 2.85. The van der Waals surface area contributed by atoms with E-state index in [0.29, 0.717) is 0 Å². The molecule has 0 aromatic rings. The first-order valence-electron chi connectivity index (χ1n) is 4.62. The lowest BCUT2D eigenvalue weighted by Gasteiger charge is -1.88. The summed E-state index contributed by atoms with van der Waals surface area (Å²) < 4.78 is 0. The van der Waals surface area contributed by atoms with Gasteiger partial charge in [0, 0.05) is 0 Å². The average Bonchev–Trinajstić information content (AvgIpc) is 2.05. The minimum Gasteiger partial charge on any atom is -0.0879 e. The topological polar surface area (TPSA) is 0 Å². The van der Waals surface area contributed by atoms with E-state index in [1.165, 1.54) is 0 Å². The molecule has 0 bridgehead atoms. The van der Waals surface area contributed by atoms with Gasteiger partial charge in [0.2, 0.25) is 0 Å². The van der Waals surface area contributed by atoms with Gasteiger partial charge in [-0.3, -0.25) is 0 Å². The summed E-state index contributed by atoms with van der Waals surface area (Å²) in [6.07, 6.45) is 22.0. The van der Waals surface area contributed by atoms with Gasteiger partial charge in [-0.15, -0.1) is 0 Å². The van der Waals surface area contributed by atoms with Crippen LogP contribution in [-0.4, -0.2) is 0 Å². The summed E-state index contributed by atoms with van der Waals surface area (Å²) in [5, 5.41) is 0. The standard InChI is InChI=1S/C12H16/c1-2-4-6-8-10-12-11-9-7-5-3-1/h1-4,7,9-10,12H,5-6,8,11H2/b3-1?,4-2?,9-7+,12-10+. The fourth-order valence-corrected chi connectivity index (χ4v) is 1.09. The van der Waals surface area contributed by atoms with Gasteiger partial charge in [-0.05, 0) is 25.7 Å². The lowest BCUT2D eigenvalue weighted by atomic mass is 10.2. The summed E-state index contributed by atoms with van der Waals surface area (Å²) >= 11 is 0. The van der Waals surface area contributed by atoms with Crippen LogP contribution in [0, 0.1) is 0 Å². The third-order valence-electron chi connectivity index (χ3n) is 1.76. The van der Waals surface area contributed by atoms with Crippen LogP contribution >= 0.6 is 0 Å². The van der Waals surface area contributed by atoms with E-state index in [2.05, 4.69) is 48.6 Å². The van der Waals surface area contributed by atoms with Gasteiger partial charge in [-0.2, -0.15) is 0 Å². The molecule has 1 rings (SSSR count). The second kappa shape index (κ2) is 6.66. The summed E-state index contributed by atoms with van der Waals surface area (Å²) in [5.74, 6) is 0. The zero-order valence-corrected chi connectivity index (χ0v) is 7.45. The van der Waals surface area contributed by atoms with Gasteiger partial charge >= 0.3 is 0 Å². The van der Waals surface area contributed by atoms with E-state index < -0.39 is 0 Å². The predicted molar refractivity (Wildman–Crippen MR) is 55.0 cm³/mol. The van der Waals surface area contributed by atoms with Crippen molar-refractivity contribution < 1.29 is 0 Å². The van der Waals surface area contributed by atoms with Gasteiger partial charge in [-0.25, -0.2) is 0 Å². The first kappa shape index (κ1) is 9.05. The van der Waals surface area contributed by atoms with E-state index in [1.54, 1.807) is 0 Å². The summed E-state index contributed by atoms with van der Waals surface area (Å²) in [6, 6.07) is 0. The largest absolute Gasteiger partial charge is 0.0879 e. The maximum Gasteiger partial charge on any atom is -0.0166 e. The molecule has 0 radical (unpaired) electrons. The summed E-state index contributed by atoms with van der Waals surface area (Å²) in [5.41, 5.74) is 0. The molecule has 0 atom stereocenters. The van der Waals surface area contributed by atoms with E-state index in [-0.39, 0.29) is 0 Å². The molecule has 0 fully saturated rings. The molecule has 1 aliphatic rings. The Morgan fingerprint density at radius 3 is 2.00 bits per heavy atom. The van der Waals surface area contributed by atoms with Gasteiger partial charge in [0.1, 0.15) is 0 Å². The summed E-state index contributed by atoms with van der Waals surface area (Å²) in [7, 11) is 0. The Bertz CT molecular complexity index is 204. The first-order valence-corrected chi connectivity index (χ1v) is 4.62. The first-order chi connectivity index (χ1) is 6.00. The quantitative estimate of drug-likeness (QED) is 0.473. The van der Waals surface area contributed by atoms with E-state index in [1.807, 2.05) is 0 Å². The van der Waals surface area contributed by atoms with Gasteiger partial charge in [0.25, 0.3) is 0 Å². The molecule has 1 aliphatic carbocycles. The Balaban J connectivity index is 2.41. The van der Waals surface area contributed by atoms with Crippen molar-refractivity contribution in [2.45, 2.75) is 25.7 Å². The van der Waals surface area contributed by atoms with E-state index in [4.69, 9.17) is 0 Å². The molecule has 0 amide bonds. The van der Waals surface area contributed by atoms with Crippen molar-refractivity contribution in [3.63, 3.8) is 0 Å². The lowest BCUT2D eigenvalue weighted by molar-refractivity contribution is 1.04. The summed E-state index contributed by atoms with van der Waals surface area (Å²) in [6.45, 7) is 0. The van der Waals surface area contributed by atoms with Crippen molar-refractivity contribution in [2.24, 2.45) is 0 Å². The fourth-order valence-electron chi connectivity index (χ4n) is 1.09. The molecule has 0 spiro atoms. The van der Waals surface area contributed by atoms with Crippen molar-refractivity contribution in [2.75, 3.05) is 0 Å². The molecule has 0 aromatic heterocycles. The van der Waals surface area contributed by atoms with Crippen molar-refractivity contribution in [1.29, 1.82) is 0 Å². The van der Waals surface area contributed by atoms with Gasteiger partial charge < -0.3 is 0 Å². The zero-order chi connectivity index (χ0) is 8.49. The Hall–Kier alpha value is -1.04. The third-order valence-corrected chi connectivity index (χ3v) is 1.76. The molecule has 0 saturated heterocycles. The van der Waals surface area contributed by atoms with Crippen LogP contribution in [0.2, 0.25) is 0 Å². The summed E-state index contributed by atoms with van der Waals surface area (Å²) in [4.78, 5) is 0. The van der Waals surface area contributed by atoms with Crippen LogP contribution in [0.3, 0.4) is 0 Å². The molecule has 12 heavy (non-hydrogen) atoms. The number of rotatable bonds is 0. The Labute approximate surface area is 75.0 Å². The van der Waals surface area contributed by atoms with Crippen LogP contribution in [-0.2, 0) is 0 Å². The Morgan fingerprint density at radius 2 is 1.08 bits per heavy atom. The number of hydrogen-bond donors (Lipinski definition) is 0. The van der Waals surface area contributed by atoms with Crippen LogP contribution in [0.5, 0.6) is 0 Å². The number of hydrogen-bond acceptors (Lipinski definition) is 0. The molecular weight excluding hydrogens is 144 g/mol. The van der Waals surface area contributed by atoms with Crippen molar-refractivity contribution in [3.05, 3.63) is 48.6 Å². The minimum atomic E-state index is 1.05. The Kier molecular flexibility index (Phi) is 5.02. The number of allylic oxidation sites excluding steroid dienone is 8. The van der Waals surface area contributed by atoms with Crippen molar-refractivity contribution in [1.82, 2.24) is 0 Å². The van der Waals surface area contributed by atoms with Crippen LogP contribution in [0.4, 0.5) is 0 Å². The third kappa shape index (κ3) is 4.73. The van der Waals surface area contributed by atoms with Crippen LogP contribution in [0.15, 0.2) is 48.6 Å². The van der Waals surface area contributed by atoms with Crippen LogP contribution in [0.25, 0.3) is 0 Å². The monoisotopic (exact) mass is 160 g/mol. The molecule has 0 heterocycles. The molecule has 0 aliphatic heterocycles. The lowest BCUT2D eigenvalue weighted by Crippen LogP contribution is -1.67. The highest BCUT2D eigenvalue weighted by molar-refractivity contribution is 5.06. The highest BCUT2D eigenvalue weighted by Gasteiger charge is 1.77. The highest BCUT2D eigenvalue weighted by Crippen LogP contribution is 1.98. The normalized spacial score (nSPS) is 24.0. The molecule has 64 valence electrons. The SMILES string of the molecule is C1=CC/C=C/C/C=C/CCC=C1. The highest BCUT2D eigenvalue weighted by atomic mass is 13.8. The molecular formula is C12H16. The average molecular weight is 160 g/mol. The smallest absolute Gasteiger partial charge is 0.0166 e. The molecule has 0 nitrogen and oxygen atoms in total. The maximum absolute atomic E-state index is 2.25. The van der Waals surface area contributed by atoms with Gasteiger partial charge in [0.15, 0.2) is 0 Å². The van der Waals surface area contributed by atoms with Gasteiger partial charge in [0.05, 0.1) is 0 Å². The molecule has 0 saturated carbocycles. The van der Waals surface area contributed by atoms with Gasteiger partial charge in [-0.1, -0.05) is 48.6 Å². The van der Waals surface area contributed by atoms with Crippen molar-refractivity contribution in [3.8, 4) is 0 Å². The Morgan fingerprint density at radius 1 is 0.500 bits per heavy atom. The van der Waals surface area contributed by atoms with E-state index in [9.17, 15) is 0 Å². The second-order valence-electron chi connectivity index (χ2n) is 2.85. The van der Waals surface area contributed by atoms with Crippen molar-refractivity contribution >= 4 is 0 Å². The van der Waals surface area contributed by atoms with Crippen LogP contribution < -0.4 is 0 Å². The molecule has 0 aromatic carbocycles. The maximum atomic E-state index is 2.25. The van der Waals surface area contributed by atoms with Crippen LogP contribution in [0.1, 0.15) is 25.7 Å². The van der Waals surface area contributed by atoms with E-state index >= 15 is 0 Å². The minimum absolute atomic E-state index is 1.05. The molecule has 0 heteroatoms. The van der Waals surface area contributed by atoms with E-state index in [0.717, 1.165) is 25.7 Å². The zero-order valence-electron chi connectivity index (χ0n) is 7.45.